The second-order valence-electron chi connectivity index (χ2n) is 5.48. The van der Waals surface area contributed by atoms with Crippen molar-refractivity contribution in [2.75, 3.05) is 18.8 Å². The highest BCUT2D eigenvalue weighted by Gasteiger charge is 2.21. The first-order valence-electron chi connectivity index (χ1n) is 6.41. The van der Waals surface area contributed by atoms with Crippen LogP contribution in [0.5, 0.6) is 0 Å². The van der Waals surface area contributed by atoms with E-state index < -0.39 is 0 Å². The number of hydrogen-bond donors (Lipinski definition) is 1. The normalized spacial score (nSPS) is 12.1. The fraction of sp³-hybridized carbons (Fsp3) is 0.600. The standard InChI is InChI=1S/C15H25NS/c1-13(2)15(3,4)12-16-10-11-17-14-8-6-5-7-9-14/h5-9,13,16H,10-12H2,1-4H3. The molecule has 0 unspecified atom stereocenters. The molecule has 1 nitrogen and oxygen atoms in total. The van der Waals surface area contributed by atoms with Crippen LogP contribution in [0.1, 0.15) is 27.7 Å². The summed E-state index contributed by atoms with van der Waals surface area (Å²) in [6.07, 6.45) is 0. The van der Waals surface area contributed by atoms with Crippen molar-refractivity contribution >= 4 is 11.8 Å². The summed E-state index contributed by atoms with van der Waals surface area (Å²) in [7, 11) is 0. The molecule has 1 aromatic carbocycles. The van der Waals surface area contributed by atoms with Gasteiger partial charge in [-0.2, -0.15) is 0 Å². The summed E-state index contributed by atoms with van der Waals surface area (Å²) >= 11 is 1.92. The van der Waals surface area contributed by atoms with E-state index in [1.54, 1.807) is 0 Å². The summed E-state index contributed by atoms with van der Waals surface area (Å²) in [6, 6.07) is 10.6. The van der Waals surface area contributed by atoms with E-state index >= 15 is 0 Å². The van der Waals surface area contributed by atoms with Crippen molar-refractivity contribution in [1.82, 2.24) is 5.32 Å². The van der Waals surface area contributed by atoms with Crippen molar-refractivity contribution in [1.29, 1.82) is 0 Å². The fourth-order valence-corrected chi connectivity index (χ4v) is 2.20. The molecule has 0 bridgehead atoms. The van der Waals surface area contributed by atoms with Gasteiger partial charge in [-0.3, -0.25) is 0 Å². The van der Waals surface area contributed by atoms with Crippen molar-refractivity contribution < 1.29 is 0 Å². The lowest BCUT2D eigenvalue weighted by Crippen LogP contribution is -2.34. The van der Waals surface area contributed by atoms with E-state index in [4.69, 9.17) is 0 Å². The number of benzene rings is 1. The molecular formula is C15H25NS. The van der Waals surface area contributed by atoms with E-state index in [2.05, 4.69) is 63.3 Å². The summed E-state index contributed by atoms with van der Waals surface area (Å²) in [4.78, 5) is 1.36. The Morgan fingerprint density at radius 3 is 2.41 bits per heavy atom. The predicted molar refractivity (Wildman–Crippen MR) is 78.7 cm³/mol. The van der Waals surface area contributed by atoms with Crippen molar-refractivity contribution in [2.24, 2.45) is 11.3 Å². The Bertz CT molecular complexity index is 306. The lowest BCUT2D eigenvalue weighted by molar-refractivity contribution is 0.240. The van der Waals surface area contributed by atoms with Crippen LogP contribution in [0.25, 0.3) is 0 Å². The number of rotatable bonds is 7. The van der Waals surface area contributed by atoms with E-state index in [1.165, 1.54) is 4.90 Å². The molecule has 0 aliphatic carbocycles. The maximum absolute atomic E-state index is 3.56. The molecule has 1 N–H and O–H groups in total. The minimum Gasteiger partial charge on any atom is -0.315 e. The molecule has 0 aromatic heterocycles. The molecule has 0 fully saturated rings. The van der Waals surface area contributed by atoms with E-state index in [-0.39, 0.29) is 0 Å². The maximum Gasteiger partial charge on any atom is 0.0106 e. The molecule has 0 saturated carbocycles. The Labute approximate surface area is 110 Å². The molecule has 0 atom stereocenters. The van der Waals surface area contributed by atoms with Gasteiger partial charge < -0.3 is 5.32 Å². The average molecular weight is 251 g/mol. The first-order valence-corrected chi connectivity index (χ1v) is 7.39. The summed E-state index contributed by atoms with van der Waals surface area (Å²) in [5, 5.41) is 3.56. The Morgan fingerprint density at radius 2 is 1.82 bits per heavy atom. The Balaban J connectivity index is 2.13. The van der Waals surface area contributed by atoms with Crippen LogP contribution in [0.4, 0.5) is 0 Å². The van der Waals surface area contributed by atoms with Crippen LogP contribution in [0, 0.1) is 11.3 Å². The molecule has 2 heteroatoms. The second kappa shape index (κ2) is 7.07. The van der Waals surface area contributed by atoms with E-state index in [1.807, 2.05) is 11.8 Å². The molecule has 1 aromatic rings. The van der Waals surface area contributed by atoms with Crippen LogP contribution < -0.4 is 5.32 Å². The third-order valence-electron chi connectivity index (χ3n) is 3.43. The third kappa shape index (κ3) is 5.60. The van der Waals surface area contributed by atoms with Crippen molar-refractivity contribution in [3.8, 4) is 0 Å². The Kier molecular flexibility index (Phi) is 6.07. The average Bonchev–Trinajstić information content (AvgIpc) is 2.29. The van der Waals surface area contributed by atoms with Gasteiger partial charge in [-0.15, -0.1) is 11.8 Å². The zero-order valence-corrected chi connectivity index (χ0v) is 12.3. The molecule has 0 amide bonds. The number of hydrogen-bond acceptors (Lipinski definition) is 2. The van der Waals surface area contributed by atoms with Gasteiger partial charge in [0.2, 0.25) is 0 Å². The van der Waals surface area contributed by atoms with Crippen molar-refractivity contribution in [3.05, 3.63) is 30.3 Å². The topological polar surface area (TPSA) is 12.0 Å². The summed E-state index contributed by atoms with van der Waals surface area (Å²) in [6.45, 7) is 11.4. The lowest BCUT2D eigenvalue weighted by atomic mass is 9.81. The van der Waals surface area contributed by atoms with Gasteiger partial charge in [0.1, 0.15) is 0 Å². The predicted octanol–water partition coefficient (Wildman–Crippen LogP) is 4.05. The van der Waals surface area contributed by atoms with Crippen LogP contribution in [-0.2, 0) is 0 Å². The molecule has 0 aliphatic heterocycles. The smallest absolute Gasteiger partial charge is 0.0106 e. The first kappa shape index (κ1) is 14.6. The summed E-state index contributed by atoms with van der Waals surface area (Å²) in [5.74, 6) is 1.86. The highest BCUT2D eigenvalue weighted by atomic mass is 32.2. The first-order chi connectivity index (χ1) is 8.02. The molecular weight excluding hydrogens is 226 g/mol. The lowest BCUT2D eigenvalue weighted by Gasteiger charge is -2.29. The molecule has 0 spiro atoms. The minimum absolute atomic E-state index is 0.386. The monoisotopic (exact) mass is 251 g/mol. The minimum atomic E-state index is 0.386. The van der Waals surface area contributed by atoms with E-state index in [0.717, 1.165) is 24.8 Å². The van der Waals surface area contributed by atoms with Crippen LogP contribution >= 0.6 is 11.8 Å². The van der Waals surface area contributed by atoms with Gasteiger partial charge in [0.05, 0.1) is 0 Å². The maximum atomic E-state index is 3.56. The van der Waals surface area contributed by atoms with Gasteiger partial charge >= 0.3 is 0 Å². The molecule has 0 aliphatic rings. The molecule has 17 heavy (non-hydrogen) atoms. The van der Waals surface area contributed by atoms with Gasteiger partial charge in [-0.25, -0.2) is 0 Å². The van der Waals surface area contributed by atoms with Gasteiger partial charge in [-0.1, -0.05) is 45.9 Å². The van der Waals surface area contributed by atoms with Gasteiger partial charge in [0.25, 0.3) is 0 Å². The van der Waals surface area contributed by atoms with Gasteiger partial charge in [0, 0.05) is 23.7 Å². The Hall–Kier alpha value is -0.470. The largest absolute Gasteiger partial charge is 0.315 e. The van der Waals surface area contributed by atoms with Crippen molar-refractivity contribution in [3.63, 3.8) is 0 Å². The van der Waals surface area contributed by atoms with Crippen LogP contribution in [0.3, 0.4) is 0 Å². The molecule has 0 saturated heterocycles. The molecule has 96 valence electrons. The highest BCUT2D eigenvalue weighted by Crippen LogP contribution is 2.24. The zero-order chi connectivity index (χ0) is 12.7. The quantitative estimate of drug-likeness (QED) is 0.579. The van der Waals surface area contributed by atoms with Crippen molar-refractivity contribution in [2.45, 2.75) is 32.6 Å². The Morgan fingerprint density at radius 1 is 1.18 bits per heavy atom. The van der Waals surface area contributed by atoms with Crippen LogP contribution in [0.15, 0.2) is 35.2 Å². The highest BCUT2D eigenvalue weighted by molar-refractivity contribution is 7.99. The summed E-state index contributed by atoms with van der Waals surface area (Å²) < 4.78 is 0. The SMILES string of the molecule is CC(C)C(C)(C)CNCCSc1ccccc1. The van der Waals surface area contributed by atoms with Crippen LogP contribution in [0.2, 0.25) is 0 Å². The molecule has 0 heterocycles. The van der Waals surface area contributed by atoms with Gasteiger partial charge in [0.15, 0.2) is 0 Å². The summed E-state index contributed by atoms with van der Waals surface area (Å²) in [5.41, 5.74) is 0.386. The third-order valence-corrected chi connectivity index (χ3v) is 4.45. The van der Waals surface area contributed by atoms with E-state index in [0.29, 0.717) is 5.41 Å². The van der Waals surface area contributed by atoms with Crippen LogP contribution in [-0.4, -0.2) is 18.8 Å². The van der Waals surface area contributed by atoms with E-state index in [9.17, 15) is 0 Å². The number of thioether (sulfide) groups is 1. The molecule has 1 rings (SSSR count). The number of nitrogens with one attached hydrogen (secondary N) is 1. The molecule has 0 radical (unpaired) electrons. The fourth-order valence-electron chi connectivity index (χ4n) is 1.37. The van der Waals surface area contributed by atoms with Gasteiger partial charge in [-0.05, 0) is 23.5 Å². The zero-order valence-electron chi connectivity index (χ0n) is 11.5. The second-order valence-corrected chi connectivity index (χ2v) is 6.65.